The molecule has 2 N–H and O–H groups in total. The second-order valence-electron chi connectivity index (χ2n) is 9.30. The van der Waals surface area contributed by atoms with E-state index in [0.29, 0.717) is 12.5 Å². The van der Waals surface area contributed by atoms with E-state index in [1.54, 1.807) is 0 Å². The molecule has 1 heterocycles. The van der Waals surface area contributed by atoms with Gasteiger partial charge in [0, 0.05) is 5.69 Å². The summed E-state index contributed by atoms with van der Waals surface area (Å²) in [5, 5.41) is 22.2. The highest BCUT2D eigenvalue weighted by molar-refractivity contribution is 5.90. The second-order valence-corrected chi connectivity index (χ2v) is 9.30. The Balaban J connectivity index is 1.07. The van der Waals surface area contributed by atoms with Gasteiger partial charge in [0.2, 0.25) is 5.91 Å². The number of fused-ring (bicyclic) bond motifs is 1. The van der Waals surface area contributed by atoms with Crippen molar-refractivity contribution in [1.82, 2.24) is 15.0 Å². The zero-order valence-electron chi connectivity index (χ0n) is 19.6. The standard InChI is InChI=1S/C28H30N4O3/c33-27(19-35-24-6-2-1-3-7-24)22-13-10-21(17-22)16-20-11-14-23(15-12-20)29-28(34)18-32-30-25-8-4-5-9-26(25)31-32/h1-9,11-12,14-15,21-22,27,33H,10,13,16-19H2,(H,29,34)/t21-,22-,27+/m0/s1. The Morgan fingerprint density at radius 2 is 1.66 bits per heavy atom. The minimum Gasteiger partial charge on any atom is -0.491 e. The number of nitrogens with zero attached hydrogens (tertiary/aromatic N) is 3. The van der Waals surface area contributed by atoms with E-state index in [1.807, 2.05) is 66.7 Å². The third kappa shape index (κ3) is 6.05. The molecule has 1 saturated carbocycles. The van der Waals surface area contributed by atoms with Gasteiger partial charge in [0.25, 0.3) is 0 Å². The predicted octanol–water partition coefficient (Wildman–Crippen LogP) is 4.47. The van der Waals surface area contributed by atoms with Crippen LogP contribution in [0.2, 0.25) is 0 Å². The molecule has 35 heavy (non-hydrogen) atoms. The van der Waals surface area contributed by atoms with Crippen LogP contribution in [0.3, 0.4) is 0 Å². The number of aliphatic hydroxyl groups is 1. The molecule has 0 bridgehead atoms. The molecular formula is C28H30N4O3. The van der Waals surface area contributed by atoms with Gasteiger partial charge >= 0.3 is 0 Å². The van der Waals surface area contributed by atoms with Crippen molar-refractivity contribution in [2.75, 3.05) is 11.9 Å². The molecule has 7 heteroatoms. The summed E-state index contributed by atoms with van der Waals surface area (Å²) in [7, 11) is 0. The minimum absolute atomic E-state index is 0.0657. The van der Waals surface area contributed by atoms with E-state index in [4.69, 9.17) is 4.74 Å². The Bertz CT molecular complexity index is 1220. The fourth-order valence-corrected chi connectivity index (χ4v) is 4.84. The molecule has 0 aliphatic heterocycles. The van der Waals surface area contributed by atoms with Crippen LogP contribution in [0.4, 0.5) is 5.69 Å². The van der Waals surface area contributed by atoms with E-state index in [2.05, 4.69) is 27.6 Å². The van der Waals surface area contributed by atoms with Crippen LogP contribution in [0.15, 0.2) is 78.9 Å². The molecule has 1 aromatic heterocycles. The van der Waals surface area contributed by atoms with E-state index in [0.717, 1.165) is 48.2 Å². The number of aliphatic hydroxyl groups excluding tert-OH is 1. The number of carbonyl (C=O) groups excluding carboxylic acids is 1. The van der Waals surface area contributed by atoms with Crippen molar-refractivity contribution in [3.63, 3.8) is 0 Å². The molecular weight excluding hydrogens is 440 g/mol. The summed E-state index contributed by atoms with van der Waals surface area (Å²) < 4.78 is 5.74. The number of amides is 1. The molecule has 0 unspecified atom stereocenters. The Labute approximate surface area is 204 Å². The van der Waals surface area contributed by atoms with Gasteiger partial charge in [-0.15, -0.1) is 0 Å². The van der Waals surface area contributed by atoms with Gasteiger partial charge in [-0.05, 0) is 79.5 Å². The molecule has 3 atom stereocenters. The lowest BCUT2D eigenvalue weighted by atomic mass is 9.95. The van der Waals surface area contributed by atoms with Gasteiger partial charge in [-0.25, -0.2) is 0 Å². The van der Waals surface area contributed by atoms with E-state index in [9.17, 15) is 9.90 Å². The van der Waals surface area contributed by atoms with Crippen LogP contribution in [0, 0.1) is 11.8 Å². The number of anilines is 1. The first-order chi connectivity index (χ1) is 17.1. The number of hydrogen-bond donors (Lipinski definition) is 2. The number of benzene rings is 3. The van der Waals surface area contributed by atoms with Crippen LogP contribution in [0.25, 0.3) is 11.0 Å². The summed E-state index contributed by atoms with van der Waals surface area (Å²) in [5.74, 6) is 1.45. The summed E-state index contributed by atoms with van der Waals surface area (Å²) in [6, 6.07) is 25.2. The average Bonchev–Trinajstić information content (AvgIpc) is 3.51. The number of para-hydroxylation sites is 1. The van der Waals surface area contributed by atoms with Gasteiger partial charge in [0.15, 0.2) is 0 Å². The maximum absolute atomic E-state index is 12.4. The lowest BCUT2D eigenvalue weighted by Gasteiger charge is -2.19. The highest BCUT2D eigenvalue weighted by Crippen LogP contribution is 2.35. The smallest absolute Gasteiger partial charge is 0.247 e. The van der Waals surface area contributed by atoms with Gasteiger partial charge in [0.05, 0.1) is 6.10 Å². The minimum atomic E-state index is -0.445. The maximum atomic E-state index is 12.4. The molecule has 7 nitrogen and oxygen atoms in total. The Kier molecular flexibility index (Phi) is 7.04. The van der Waals surface area contributed by atoms with Crippen LogP contribution < -0.4 is 10.1 Å². The fourth-order valence-electron chi connectivity index (χ4n) is 4.84. The van der Waals surface area contributed by atoms with Crippen molar-refractivity contribution >= 4 is 22.6 Å². The van der Waals surface area contributed by atoms with E-state index in [1.165, 1.54) is 10.4 Å². The van der Waals surface area contributed by atoms with Crippen LogP contribution >= 0.6 is 0 Å². The highest BCUT2D eigenvalue weighted by atomic mass is 16.5. The molecule has 4 aromatic rings. The summed E-state index contributed by atoms with van der Waals surface area (Å²) in [6.07, 6.45) is 3.66. The van der Waals surface area contributed by atoms with Crippen LogP contribution in [0.1, 0.15) is 24.8 Å². The third-order valence-corrected chi connectivity index (χ3v) is 6.67. The molecule has 3 aromatic carbocycles. The predicted molar refractivity (Wildman–Crippen MR) is 135 cm³/mol. The van der Waals surface area contributed by atoms with Crippen molar-refractivity contribution in [2.24, 2.45) is 11.8 Å². The third-order valence-electron chi connectivity index (χ3n) is 6.67. The van der Waals surface area contributed by atoms with Crippen molar-refractivity contribution < 1.29 is 14.6 Å². The molecule has 0 radical (unpaired) electrons. The Morgan fingerprint density at radius 1 is 0.971 bits per heavy atom. The molecule has 1 aliphatic carbocycles. The number of nitrogens with one attached hydrogen (secondary N) is 1. The lowest BCUT2D eigenvalue weighted by molar-refractivity contribution is -0.117. The van der Waals surface area contributed by atoms with E-state index < -0.39 is 6.10 Å². The first-order valence-corrected chi connectivity index (χ1v) is 12.2. The number of rotatable bonds is 9. The Hall–Kier alpha value is -3.71. The molecule has 1 aliphatic rings. The monoisotopic (exact) mass is 470 g/mol. The van der Waals surface area contributed by atoms with E-state index >= 15 is 0 Å². The molecule has 1 fully saturated rings. The zero-order chi connectivity index (χ0) is 24.0. The molecule has 180 valence electrons. The van der Waals surface area contributed by atoms with E-state index in [-0.39, 0.29) is 18.4 Å². The highest BCUT2D eigenvalue weighted by Gasteiger charge is 2.30. The van der Waals surface area contributed by atoms with Gasteiger partial charge in [0.1, 0.15) is 29.9 Å². The number of ether oxygens (including phenoxy) is 1. The zero-order valence-corrected chi connectivity index (χ0v) is 19.6. The second kappa shape index (κ2) is 10.7. The first kappa shape index (κ1) is 23.1. The summed E-state index contributed by atoms with van der Waals surface area (Å²) in [5.41, 5.74) is 3.54. The maximum Gasteiger partial charge on any atom is 0.247 e. The van der Waals surface area contributed by atoms with Gasteiger partial charge in [-0.2, -0.15) is 15.0 Å². The van der Waals surface area contributed by atoms with Crippen LogP contribution in [-0.2, 0) is 17.8 Å². The lowest BCUT2D eigenvalue weighted by Crippen LogP contribution is -2.25. The van der Waals surface area contributed by atoms with Crippen molar-refractivity contribution in [2.45, 2.75) is 38.3 Å². The quantitative estimate of drug-likeness (QED) is 0.377. The summed E-state index contributed by atoms with van der Waals surface area (Å²) in [6.45, 7) is 0.399. The topological polar surface area (TPSA) is 89.3 Å². The molecule has 5 rings (SSSR count). The van der Waals surface area contributed by atoms with Crippen molar-refractivity contribution in [3.05, 3.63) is 84.4 Å². The van der Waals surface area contributed by atoms with Crippen LogP contribution in [-0.4, -0.2) is 38.7 Å². The first-order valence-electron chi connectivity index (χ1n) is 12.2. The molecule has 0 spiro atoms. The van der Waals surface area contributed by atoms with Crippen LogP contribution in [0.5, 0.6) is 5.75 Å². The molecule has 1 amide bonds. The largest absolute Gasteiger partial charge is 0.491 e. The summed E-state index contributed by atoms with van der Waals surface area (Å²) in [4.78, 5) is 13.8. The van der Waals surface area contributed by atoms with Crippen molar-refractivity contribution in [3.8, 4) is 5.75 Å². The Morgan fingerprint density at radius 3 is 2.37 bits per heavy atom. The van der Waals surface area contributed by atoms with Gasteiger partial charge in [-0.1, -0.05) is 42.5 Å². The van der Waals surface area contributed by atoms with Gasteiger partial charge < -0.3 is 15.2 Å². The normalized spacial score (nSPS) is 18.4. The number of carbonyl (C=O) groups is 1. The number of aromatic nitrogens is 3. The molecule has 0 saturated heterocycles. The summed E-state index contributed by atoms with van der Waals surface area (Å²) >= 11 is 0. The SMILES string of the molecule is O=C(Cn1nc2ccccc2n1)Nc1ccc(C[C@@H]2CC[C@H]([C@H](O)COc3ccccc3)C2)cc1. The average molecular weight is 471 g/mol. The fraction of sp³-hybridized carbons (Fsp3) is 0.321. The van der Waals surface area contributed by atoms with Gasteiger partial charge in [-0.3, -0.25) is 4.79 Å². The number of hydrogen-bond acceptors (Lipinski definition) is 5. The van der Waals surface area contributed by atoms with Crippen molar-refractivity contribution in [1.29, 1.82) is 0 Å².